The Morgan fingerprint density at radius 2 is 2.14 bits per heavy atom. The van der Waals surface area contributed by atoms with Crippen molar-refractivity contribution in [2.24, 2.45) is 0 Å². The van der Waals surface area contributed by atoms with Crippen molar-refractivity contribution >= 4 is 39.6 Å². The highest BCUT2D eigenvalue weighted by Crippen LogP contribution is 2.35. The standard InChI is InChI=1S/C13H10BrN3O5/c1-2-3-16-12(19)9(15-13(16)20)5-7-4-8(14)11(18)10(6-7)17(21)22/h2,4-6,18H,1,3H2,(H,15,20)/b9-5+. The van der Waals surface area contributed by atoms with Gasteiger partial charge in [-0.1, -0.05) is 6.08 Å². The number of aromatic hydroxyl groups is 1. The molecule has 1 saturated heterocycles. The first kappa shape index (κ1) is 15.7. The minimum atomic E-state index is -0.749. The Balaban J connectivity index is 2.42. The van der Waals surface area contributed by atoms with Gasteiger partial charge in [-0.3, -0.25) is 19.8 Å². The topological polar surface area (TPSA) is 113 Å². The molecule has 2 N–H and O–H groups in total. The molecule has 1 aromatic carbocycles. The van der Waals surface area contributed by atoms with Crippen molar-refractivity contribution in [3.63, 3.8) is 0 Å². The highest BCUT2D eigenvalue weighted by atomic mass is 79.9. The number of halogens is 1. The van der Waals surface area contributed by atoms with E-state index in [0.717, 1.165) is 11.0 Å². The Bertz CT molecular complexity index is 729. The molecule has 1 aliphatic rings. The van der Waals surface area contributed by atoms with Gasteiger partial charge in [-0.2, -0.15) is 0 Å². The number of nitro groups is 1. The average Bonchev–Trinajstić information content (AvgIpc) is 2.70. The molecule has 9 heteroatoms. The minimum absolute atomic E-state index is 0.0151. The number of carbonyl (C=O) groups is 2. The third-order valence-corrected chi connectivity index (χ3v) is 3.45. The molecule has 0 saturated carbocycles. The first-order valence-electron chi connectivity index (χ1n) is 5.97. The minimum Gasteiger partial charge on any atom is -0.501 e. The lowest BCUT2D eigenvalue weighted by atomic mass is 10.1. The maximum Gasteiger partial charge on any atom is 0.329 e. The Labute approximate surface area is 133 Å². The van der Waals surface area contributed by atoms with Crippen LogP contribution in [0.25, 0.3) is 6.08 Å². The zero-order valence-corrected chi connectivity index (χ0v) is 12.7. The van der Waals surface area contributed by atoms with Gasteiger partial charge in [0.25, 0.3) is 5.91 Å². The number of nitrogens with one attached hydrogen (secondary N) is 1. The second kappa shape index (κ2) is 5.98. The van der Waals surface area contributed by atoms with Gasteiger partial charge in [-0.05, 0) is 33.6 Å². The highest BCUT2D eigenvalue weighted by molar-refractivity contribution is 9.10. The van der Waals surface area contributed by atoms with Crippen LogP contribution < -0.4 is 5.32 Å². The fraction of sp³-hybridized carbons (Fsp3) is 0.0769. The van der Waals surface area contributed by atoms with Crippen LogP contribution in [-0.4, -0.2) is 33.4 Å². The Hall–Kier alpha value is -2.68. The summed E-state index contributed by atoms with van der Waals surface area (Å²) in [5, 5.41) is 22.8. The summed E-state index contributed by atoms with van der Waals surface area (Å²) in [5.41, 5.74) is -0.250. The van der Waals surface area contributed by atoms with E-state index in [4.69, 9.17) is 0 Å². The summed E-state index contributed by atoms with van der Waals surface area (Å²) in [5.74, 6) is -1.07. The third-order valence-electron chi connectivity index (χ3n) is 2.85. The summed E-state index contributed by atoms with van der Waals surface area (Å²) in [4.78, 5) is 34.7. The van der Waals surface area contributed by atoms with Gasteiger partial charge in [-0.25, -0.2) is 4.79 Å². The van der Waals surface area contributed by atoms with Crippen molar-refractivity contribution < 1.29 is 19.6 Å². The normalized spacial score (nSPS) is 16.0. The molecule has 0 atom stereocenters. The lowest BCUT2D eigenvalue weighted by Crippen LogP contribution is -2.30. The molecule has 0 aliphatic carbocycles. The lowest BCUT2D eigenvalue weighted by Gasteiger charge is -2.06. The van der Waals surface area contributed by atoms with Crippen LogP contribution in [0, 0.1) is 10.1 Å². The number of phenolic OH excluding ortho intramolecular Hbond substituents is 1. The van der Waals surface area contributed by atoms with Crippen LogP contribution in [0.5, 0.6) is 5.75 Å². The van der Waals surface area contributed by atoms with E-state index < -0.39 is 28.3 Å². The number of phenols is 1. The monoisotopic (exact) mass is 367 g/mol. The third kappa shape index (κ3) is 2.84. The second-order valence-corrected chi connectivity index (χ2v) is 5.17. The van der Waals surface area contributed by atoms with Crippen molar-refractivity contribution in [1.82, 2.24) is 10.2 Å². The number of nitrogens with zero attached hydrogens (tertiary/aromatic N) is 2. The highest BCUT2D eigenvalue weighted by Gasteiger charge is 2.32. The van der Waals surface area contributed by atoms with Gasteiger partial charge < -0.3 is 10.4 Å². The molecule has 114 valence electrons. The maximum absolute atomic E-state index is 12.0. The van der Waals surface area contributed by atoms with E-state index in [1.807, 2.05) is 0 Å². The quantitative estimate of drug-likeness (QED) is 0.278. The number of benzene rings is 1. The largest absolute Gasteiger partial charge is 0.501 e. The molecule has 1 aliphatic heterocycles. The number of imide groups is 1. The average molecular weight is 368 g/mol. The predicted octanol–water partition coefficient (Wildman–Crippen LogP) is 2.14. The van der Waals surface area contributed by atoms with Gasteiger partial charge in [0.15, 0.2) is 0 Å². The summed E-state index contributed by atoms with van der Waals surface area (Å²) in [7, 11) is 0. The summed E-state index contributed by atoms with van der Waals surface area (Å²) < 4.78 is 0.105. The molecule has 8 nitrogen and oxygen atoms in total. The van der Waals surface area contributed by atoms with Crippen molar-refractivity contribution in [3.05, 3.63) is 50.6 Å². The fourth-order valence-corrected chi connectivity index (χ4v) is 2.33. The Kier molecular flexibility index (Phi) is 4.27. The maximum atomic E-state index is 12.0. The molecule has 1 heterocycles. The van der Waals surface area contributed by atoms with Gasteiger partial charge >= 0.3 is 11.7 Å². The Morgan fingerprint density at radius 1 is 1.45 bits per heavy atom. The number of carbonyl (C=O) groups excluding carboxylic acids is 2. The van der Waals surface area contributed by atoms with E-state index >= 15 is 0 Å². The number of hydrogen-bond acceptors (Lipinski definition) is 5. The first-order valence-corrected chi connectivity index (χ1v) is 6.76. The molecule has 3 amide bonds. The molecular weight excluding hydrogens is 358 g/mol. The zero-order chi connectivity index (χ0) is 16.4. The van der Waals surface area contributed by atoms with E-state index in [9.17, 15) is 24.8 Å². The summed E-state index contributed by atoms with van der Waals surface area (Å²) in [6, 6.07) is 1.90. The van der Waals surface area contributed by atoms with Gasteiger partial charge in [-0.15, -0.1) is 6.58 Å². The molecular formula is C13H10BrN3O5. The van der Waals surface area contributed by atoms with Crippen molar-refractivity contribution in [1.29, 1.82) is 0 Å². The van der Waals surface area contributed by atoms with E-state index in [-0.39, 0.29) is 22.3 Å². The fourth-order valence-electron chi connectivity index (χ4n) is 1.86. The zero-order valence-electron chi connectivity index (χ0n) is 11.1. The molecule has 1 fully saturated rings. The number of hydrogen-bond donors (Lipinski definition) is 2. The van der Waals surface area contributed by atoms with Gasteiger partial charge in [0.2, 0.25) is 5.75 Å². The molecule has 2 rings (SSSR count). The number of amides is 3. The predicted molar refractivity (Wildman–Crippen MR) is 80.9 cm³/mol. The lowest BCUT2D eigenvalue weighted by molar-refractivity contribution is -0.386. The van der Waals surface area contributed by atoms with E-state index in [0.29, 0.717) is 0 Å². The van der Waals surface area contributed by atoms with Crippen molar-refractivity contribution in [2.75, 3.05) is 6.54 Å². The van der Waals surface area contributed by atoms with Crippen molar-refractivity contribution in [3.8, 4) is 5.75 Å². The second-order valence-electron chi connectivity index (χ2n) is 4.32. The number of rotatable bonds is 4. The molecule has 0 bridgehead atoms. The SMILES string of the molecule is C=CCN1C(=O)N/C(=C/c2cc(Br)c(O)c([N+](=O)[O-])c2)C1=O. The number of urea groups is 1. The van der Waals surface area contributed by atoms with Crippen LogP contribution in [0.3, 0.4) is 0 Å². The molecule has 0 unspecified atom stereocenters. The van der Waals surface area contributed by atoms with Gasteiger partial charge in [0.1, 0.15) is 5.70 Å². The van der Waals surface area contributed by atoms with Gasteiger partial charge in [0.05, 0.1) is 9.40 Å². The van der Waals surface area contributed by atoms with Crippen LogP contribution in [0.4, 0.5) is 10.5 Å². The Morgan fingerprint density at radius 3 is 2.73 bits per heavy atom. The van der Waals surface area contributed by atoms with E-state index in [1.54, 1.807) is 0 Å². The molecule has 1 aromatic rings. The van der Waals surface area contributed by atoms with Crippen LogP contribution in [0.2, 0.25) is 0 Å². The summed E-state index contributed by atoms with van der Waals surface area (Å²) >= 11 is 3.00. The smallest absolute Gasteiger partial charge is 0.329 e. The van der Waals surface area contributed by atoms with Crippen LogP contribution in [0.15, 0.2) is 35.0 Å². The molecule has 0 radical (unpaired) electrons. The van der Waals surface area contributed by atoms with Crippen LogP contribution in [-0.2, 0) is 4.79 Å². The molecule has 0 aromatic heterocycles. The van der Waals surface area contributed by atoms with E-state index in [2.05, 4.69) is 27.8 Å². The van der Waals surface area contributed by atoms with Crippen LogP contribution in [0.1, 0.15) is 5.56 Å². The van der Waals surface area contributed by atoms with Gasteiger partial charge in [0, 0.05) is 12.6 Å². The van der Waals surface area contributed by atoms with Crippen LogP contribution >= 0.6 is 15.9 Å². The molecule has 0 spiro atoms. The summed E-state index contributed by atoms with van der Waals surface area (Å²) in [6.45, 7) is 3.51. The number of nitro benzene ring substituents is 1. The van der Waals surface area contributed by atoms with Crippen molar-refractivity contribution in [2.45, 2.75) is 0 Å². The van der Waals surface area contributed by atoms with E-state index in [1.165, 1.54) is 18.2 Å². The first-order chi connectivity index (χ1) is 10.3. The molecule has 22 heavy (non-hydrogen) atoms. The summed E-state index contributed by atoms with van der Waals surface area (Å²) in [6.07, 6.45) is 2.70.